The second-order valence-electron chi connectivity index (χ2n) is 5.32. The van der Waals surface area contributed by atoms with Gasteiger partial charge in [-0.3, -0.25) is 4.79 Å². The summed E-state index contributed by atoms with van der Waals surface area (Å²) in [6.45, 7) is 0.865. The first kappa shape index (κ1) is 16.0. The summed E-state index contributed by atoms with van der Waals surface area (Å²) in [5.74, 6) is -0.228. The molecule has 0 radical (unpaired) electrons. The molecule has 1 aliphatic rings. The Kier molecular flexibility index (Phi) is 4.70. The molecule has 1 aromatic rings. The predicted octanol–water partition coefficient (Wildman–Crippen LogP) is 0.579. The quantitative estimate of drug-likeness (QED) is 0.830. The number of nitrogens with zero attached hydrogens (tertiary/aromatic N) is 2. The van der Waals surface area contributed by atoms with Gasteiger partial charge in [0.1, 0.15) is 10.6 Å². The van der Waals surface area contributed by atoms with E-state index >= 15 is 0 Å². The number of likely N-dealkylation sites (N-methyl/N-ethyl adjacent to an activating group) is 1. The van der Waals surface area contributed by atoms with Crippen molar-refractivity contribution in [3.05, 3.63) is 18.0 Å². The summed E-state index contributed by atoms with van der Waals surface area (Å²) in [4.78, 5) is 14.0. The van der Waals surface area contributed by atoms with Crippen LogP contribution in [0.1, 0.15) is 35.8 Å². The topological polar surface area (TPSA) is 94.6 Å². The first-order valence-corrected chi connectivity index (χ1v) is 8.38. The van der Waals surface area contributed by atoms with Crippen molar-refractivity contribution in [1.82, 2.24) is 9.47 Å². The average Bonchev–Trinajstić information content (AvgIpc) is 2.77. The molecule has 1 saturated carbocycles. The highest BCUT2D eigenvalue weighted by Crippen LogP contribution is 2.34. The molecule has 118 valence electrons. The Hall–Kier alpha value is -1.38. The second-order valence-corrected chi connectivity index (χ2v) is 6.88. The Morgan fingerprint density at radius 3 is 2.67 bits per heavy atom. The van der Waals surface area contributed by atoms with Crippen molar-refractivity contribution < 1.29 is 17.9 Å². The van der Waals surface area contributed by atoms with Gasteiger partial charge in [0.05, 0.1) is 6.61 Å². The van der Waals surface area contributed by atoms with Gasteiger partial charge in [0.2, 0.25) is 10.0 Å². The van der Waals surface area contributed by atoms with Crippen molar-refractivity contribution in [2.24, 2.45) is 5.14 Å². The summed E-state index contributed by atoms with van der Waals surface area (Å²) in [5, 5.41) is 5.17. The van der Waals surface area contributed by atoms with Crippen molar-refractivity contribution in [3.63, 3.8) is 0 Å². The number of sulfonamides is 1. The minimum absolute atomic E-state index is 0.0158. The smallest absolute Gasteiger partial charge is 0.270 e. The minimum atomic E-state index is -3.81. The highest BCUT2D eigenvalue weighted by molar-refractivity contribution is 7.89. The van der Waals surface area contributed by atoms with Crippen molar-refractivity contribution in [2.45, 2.75) is 30.2 Å². The van der Waals surface area contributed by atoms with Crippen molar-refractivity contribution in [1.29, 1.82) is 0 Å². The van der Waals surface area contributed by atoms with Gasteiger partial charge in [-0.25, -0.2) is 13.6 Å². The van der Waals surface area contributed by atoms with E-state index in [-0.39, 0.29) is 16.8 Å². The molecule has 1 aliphatic carbocycles. The Bertz CT molecular complexity index is 619. The molecule has 0 aliphatic heterocycles. The summed E-state index contributed by atoms with van der Waals surface area (Å²) in [5.41, 5.74) is 0.363. The predicted molar refractivity (Wildman–Crippen MR) is 77.5 cm³/mol. The van der Waals surface area contributed by atoms with Crippen LogP contribution in [0, 0.1) is 0 Å². The van der Waals surface area contributed by atoms with E-state index < -0.39 is 10.0 Å². The molecule has 21 heavy (non-hydrogen) atoms. The van der Waals surface area contributed by atoms with Crippen LogP contribution in [0.5, 0.6) is 0 Å². The molecule has 1 fully saturated rings. The number of nitrogens with two attached hydrogens (primary N) is 1. The first-order chi connectivity index (χ1) is 9.84. The third-order valence-electron chi connectivity index (χ3n) is 3.82. The lowest BCUT2D eigenvalue weighted by molar-refractivity contribution is 0.0728. The lowest BCUT2D eigenvalue weighted by Crippen LogP contribution is -2.32. The number of rotatable bonds is 6. The summed E-state index contributed by atoms with van der Waals surface area (Å²) >= 11 is 0. The molecule has 1 heterocycles. The summed E-state index contributed by atoms with van der Waals surface area (Å²) in [6.07, 6.45) is 4.44. The van der Waals surface area contributed by atoms with Crippen LogP contribution in [0.15, 0.2) is 17.2 Å². The van der Waals surface area contributed by atoms with Gasteiger partial charge in [-0.15, -0.1) is 0 Å². The lowest BCUT2D eigenvalue weighted by atomic mass is 9.93. The van der Waals surface area contributed by atoms with Crippen LogP contribution >= 0.6 is 0 Å². The zero-order chi connectivity index (χ0) is 15.6. The van der Waals surface area contributed by atoms with Crippen LogP contribution in [0.25, 0.3) is 0 Å². The summed E-state index contributed by atoms with van der Waals surface area (Å²) < 4.78 is 29.7. The summed E-state index contributed by atoms with van der Waals surface area (Å²) in [6, 6.07) is 1.54. The third-order valence-corrected chi connectivity index (χ3v) is 4.70. The van der Waals surface area contributed by atoms with Crippen LogP contribution < -0.4 is 5.14 Å². The Morgan fingerprint density at radius 2 is 2.19 bits per heavy atom. The van der Waals surface area contributed by atoms with Gasteiger partial charge in [0.15, 0.2) is 0 Å². The monoisotopic (exact) mass is 315 g/mol. The molecule has 0 bridgehead atoms. The molecule has 7 nitrogen and oxygen atoms in total. The van der Waals surface area contributed by atoms with Gasteiger partial charge in [0, 0.05) is 32.9 Å². The van der Waals surface area contributed by atoms with E-state index in [0.717, 1.165) is 19.3 Å². The van der Waals surface area contributed by atoms with Crippen molar-refractivity contribution >= 4 is 15.9 Å². The van der Waals surface area contributed by atoms with Gasteiger partial charge >= 0.3 is 0 Å². The fraction of sp³-hybridized carbons (Fsp3) is 0.615. The Balaban J connectivity index is 2.32. The molecule has 0 unspecified atom stereocenters. The number of methoxy groups -OCH3 is 1. The molecule has 0 saturated heterocycles. The number of hydrogen-bond acceptors (Lipinski definition) is 4. The van der Waals surface area contributed by atoms with E-state index in [1.54, 1.807) is 18.7 Å². The van der Waals surface area contributed by atoms with E-state index in [0.29, 0.717) is 18.8 Å². The van der Waals surface area contributed by atoms with E-state index in [2.05, 4.69) is 0 Å². The van der Waals surface area contributed by atoms with Gasteiger partial charge < -0.3 is 14.2 Å². The highest BCUT2D eigenvalue weighted by Gasteiger charge is 2.28. The van der Waals surface area contributed by atoms with Crippen LogP contribution in [0.3, 0.4) is 0 Å². The first-order valence-electron chi connectivity index (χ1n) is 6.83. The van der Waals surface area contributed by atoms with E-state index in [4.69, 9.17) is 9.88 Å². The normalized spacial score (nSPS) is 15.8. The molecule has 1 amide bonds. The van der Waals surface area contributed by atoms with Crippen LogP contribution in [-0.2, 0) is 14.8 Å². The van der Waals surface area contributed by atoms with Crippen molar-refractivity contribution in [2.75, 3.05) is 27.3 Å². The van der Waals surface area contributed by atoms with Gasteiger partial charge in [-0.2, -0.15) is 0 Å². The largest absolute Gasteiger partial charge is 0.383 e. The maximum Gasteiger partial charge on any atom is 0.270 e. The lowest BCUT2D eigenvalue weighted by Gasteiger charge is -2.29. The molecular formula is C13H21N3O4S. The van der Waals surface area contributed by atoms with Crippen LogP contribution in [-0.4, -0.2) is 51.1 Å². The van der Waals surface area contributed by atoms with Crippen LogP contribution in [0.2, 0.25) is 0 Å². The number of hydrogen-bond donors (Lipinski definition) is 1. The maximum atomic E-state index is 12.5. The zero-order valence-electron chi connectivity index (χ0n) is 12.3. The molecule has 2 N–H and O–H groups in total. The molecule has 1 aromatic heterocycles. The van der Waals surface area contributed by atoms with Gasteiger partial charge in [-0.1, -0.05) is 0 Å². The Labute approximate surface area is 124 Å². The van der Waals surface area contributed by atoms with Crippen LogP contribution in [0.4, 0.5) is 0 Å². The van der Waals surface area contributed by atoms with Gasteiger partial charge in [-0.05, 0) is 25.3 Å². The third kappa shape index (κ3) is 3.45. The van der Waals surface area contributed by atoms with E-state index in [9.17, 15) is 13.2 Å². The second kappa shape index (κ2) is 6.17. The number of carbonyl (C=O) groups is 1. The molecule has 2 rings (SSSR count). The standard InChI is InChI=1S/C13H21N3O4S/c1-15(6-7-20-2)13(17)12-8-11(21(14,18)19)9-16(12)10-4-3-5-10/h8-10H,3-7H2,1-2H3,(H2,14,18,19). The van der Waals surface area contributed by atoms with Gasteiger partial charge in [0.25, 0.3) is 5.91 Å². The minimum Gasteiger partial charge on any atom is -0.383 e. The molecule has 8 heteroatoms. The van der Waals surface area contributed by atoms with E-state index in [1.165, 1.54) is 17.2 Å². The SMILES string of the molecule is COCCN(C)C(=O)c1cc(S(N)(=O)=O)cn1C1CCC1. The molecule has 0 aromatic carbocycles. The summed E-state index contributed by atoms with van der Waals surface area (Å²) in [7, 11) is -0.588. The van der Waals surface area contributed by atoms with E-state index in [1.807, 2.05) is 0 Å². The zero-order valence-corrected chi connectivity index (χ0v) is 13.1. The highest BCUT2D eigenvalue weighted by atomic mass is 32.2. The fourth-order valence-electron chi connectivity index (χ4n) is 2.27. The maximum absolute atomic E-state index is 12.5. The number of amides is 1. The van der Waals surface area contributed by atoms with Crippen molar-refractivity contribution in [3.8, 4) is 0 Å². The fourth-order valence-corrected chi connectivity index (χ4v) is 2.81. The molecule has 0 atom stereocenters. The number of primary sulfonamides is 1. The number of ether oxygens (including phenoxy) is 1. The number of aromatic nitrogens is 1. The number of carbonyl (C=O) groups excluding carboxylic acids is 1. The Morgan fingerprint density at radius 1 is 1.52 bits per heavy atom. The average molecular weight is 315 g/mol. The molecular weight excluding hydrogens is 294 g/mol. The molecule has 0 spiro atoms.